The molecule has 7 nitrogen and oxygen atoms in total. The monoisotopic (exact) mass is 201 g/mol. The zero-order valence-electron chi connectivity index (χ0n) is 6.54. The van der Waals surface area contributed by atoms with Crippen molar-refractivity contribution in [1.82, 2.24) is 4.90 Å². The quantitative estimate of drug-likeness (QED) is 0.300. The van der Waals surface area contributed by atoms with Gasteiger partial charge in [-0.05, 0) is 14.0 Å². The molecule has 0 saturated carbocycles. The van der Waals surface area contributed by atoms with Crippen LogP contribution in [0.25, 0.3) is 0 Å². The lowest BCUT2D eigenvalue weighted by Gasteiger charge is -2.29. The van der Waals surface area contributed by atoms with Crippen LogP contribution in [0.1, 0.15) is 6.92 Å². The molecule has 8 heteroatoms. The molecule has 1 unspecified atom stereocenters. The largest absolute Gasteiger partial charge is 0.346 e. The Morgan fingerprint density at radius 2 is 1.67 bits per heavy atom. The predicted octanol–water partition coefficient (Wildman–Crippen LogP) is -2.26. The summed E-state index contributed by atoms with van der Waals surface area (Å²) in [5.41, 5.74) is 0. The molecule has 0 spiro atoms. The van der Waals surface area contributed by atoms with Gasteiger partial charge in [-0.15, -0.1) is 0 Å². The van der Waals surface area contributed by atoms with E-state index < -0.39 is 21.6 Å². The van der Waals surface area contributed by atoms with Crippen LogP contribution in [0.4, 0.5) is 0 Å². The van der Waals surface area contributed by atoms with Gasteiger partial charge in [-0.3, -0.25) is 4.55 Å². The summed E-state index contributed by atoms with van der Waals surface area (Å²) < 4.78 is 29.2. The second-order valence-electron chi connectivity index (χ2n) is 2.33. The van der Waals surface area contributed by atoms with Crippen molar-refractivity contribution < 1.29 is 28.3 Å². The first kappa shape index (κ1) is 11.8. The summed E-state index contributed by atoms with van der Waals surface area (Å²) in [6.45, 7) is 0.979. The molecule has 0 aliphatic carbocycles. The zero-order valence-corrected chi connectivity index (χ0v) is 7.35. The molecule has 4 N–H and O–H groups in total. The van der Waals surface area contributed by atoms with Crippen molar-refractivity contribution in [3.63, 3.8) is 0 Å². The van der Waals surface area contributed by atoms with E-state index in [1.54, 1.807) is 0 Å². The third kappa shape index (κ3) is 3.01. The fourth-order valence-electron chi connectivity index (χ4n) is 0.444. The van der Waals surface area contributed by atoms with Crippen LogP contribution in [-0.4, -0.2) is 51.7 Å². The third-order valence-electron chi connectivity index (χ3n) is 1.45. The topological polar surface area (TPSA) is 118 Å². The molecule has 0 heterocycles. The van der Waals surface area contributed by atoms with Gasteiger partial charge >= 0.3 is 6.10 Å². The van der Waals surface area contributed by atoms with Gasteiger partial charge in [-0.25, -0.2) is 4.90 Å². The van der Waals surface area contributed by atoms with Gasteiger partial charge in [0.25, 0.3) is 10.1 Å². The predicted molar refractivity (Wildman–Crippen MR) is 38.2 cm³/mol. The Balaban J connectivity index is 4.64. The maximum Gasteiger partial charge on any atom is 0.346 e. The molecular formula is C4H11NO6S. The molecule has 12 heavy (non-hydrogen) atoms. The van der Waals surface area contributed by atoms with Crippen LogP contribution < -0.4 is 0 Å². The highest BCUT2D eigenvalue weighted by Crippen LogP contribution is 2.10. The first-order valence-electron chi connectivity index (χ1n) is 2.93. The minimum atomic E-state index is -4.44. The number of hydrogen-bond donors (Lipinski definition) is 4. The molecule has 0 bridgehead atoms. The van der Waals surface area contributed by atoms with E-state index >= 15 is 0 Å². The second-order valence-corrected chi connectivity index (χ2v) is 4.04. The summed E-state index contributed by atoms with van der Waals surface area (Å²) in [5, 5.41) is 23.8. The number of aliphatic hydroxyl groups is 3. The average Bonchev–Trinajstić information content (AvgIpc) is 1.80. The maximum absolute atomic E-state index is 10.4. The minimum Gasteiger partial charge on any atom is -0.330 e. The summed E-state index contributed by atoms with van der Waals surface area (Å²) in [6, 6.07) is 0. The van der Waals surface area contributed by atoms with Crippen molar-refractivity contribution in [2.45, 2.75) is 18.4 Å². The van der Waals surface area contributed by atoms with E-state index in [2.05, 4.69) is 0 Å². The van der Waals surface area contributed by atoms with Gasteiger partial charge in [0.05, 0.1) is 0 Å². The lowest BCUT2D eigenvalue weighted by Crippen LogP contribution is -2.52. The van der Waals surface area contributed by atoms with Crippen LogP contribution in [0.5, 0.6) is 0 Å². The Bertz CT molecular complexity index is 241. The van der Waals surface area contributed by atoms with E-state index in [9.17, 15) is 8.42 Å². The average molecular weight is 201 g/mol. The SMILES string of the molecule is CC(N(C)C(O)(O)O)S(=O)(=O)O. The fraction of sp³-hybridized carbons (Fsp3) is 1.00. The number of rotatable bonds is 3. The first-order valence-corrected chi connectivity index (χ1v) is 4.43. The zero-order chi connectivity index (χ0) is 10.2. The van der Waals surface area contributed by atoms with E-state index in [4.69, 9.17) is 19.9 Å². The molecule has 0 aliphatic rings. The van der Waals surface area contributed by atoms with Crippen molar-refractivity contribution in [3.8, 4) is 0 Å². The van der Waals surface area contributed by atoms with Crippen LogP contribution in [0.3, 0.4) is 0 Å². The summed E-state index contributed by atoms with van der Waals surface area (Å²) in [7, 11) is -3.52. The van der Waals surface area contributed by atoms with Crippen LogP contribution in [0.2, 0.25) is 0 Å². The van der Waals surface area contributed by atoms with Crippen LogP contribution in [-0.2, 0) is 10.1 Å². The molecule has 74 valence electrons. The number of nitrogens with zero attached hydrogens (tertiary/aromatic N) is 1. The van der Waals surface area contributed by atoms with Crippen molar-refractivity contribution in [1.29, 1.82) is 0 Å². The van der Waals surface area contributed by atoms with Crippen molar-refractivity contribution in [2.24, 2.45) is 0 Å². The molecule has 0 radical (unpaired) electrons. The Morgan fingerprint density at radius 3 is 1.75 bits per heavy atom. The summed E-state index contributed by atoms with van der Waals surface area (Å²) in [6.07, 6.45) is -3.27. The molecule has 0 aromatic rings. The van der Waals surface area contributed by atoms with Gasteiger partial charge in [0.15, 0.2) is 0 Å². The molecule has 0 saturated heterocycles. The van der Waals surface area contributed by atoms with Crippen molar-refractivity contribution >= 4 is 10.1 Å². The van der Waals surface area contributed by atoms with E-state index in [0.29, 0.717) is 0 Å². The van der Waals surface area contributed by atoms with Crippen molar-refractivity contribution in [3.05, 3.63) is 0 Å². The maximum atomic E-state index is 10.4. The summed E-state index contributed by atoms with van der Waals surface area (Å²) in [4.78, 5) is 0.266. The number of hydrogen-bond acceptors (Lipinski definition) is 6. The van der Waals surface area contributed by atoms with E-state index in [0.717, 1.165) is 14.0 Å². The Hall–Kier alpha value is -0.250. The van der Waals surface area contributed by atoms with E-state index in [1.807, 2.05) is 0 Å². The fourth-order valence-corrected chi connectivity index (χ4v) is 0.985. The van der Waals surface area contributed by atoms with Gasteiger partial charge in [0.1, 0.15) is 5.37 Å². The molecule has 0 rings (SSSR count). The summed E-state index contributed by atoms with van der Waals surface area (Å²) >= 11 is 0. The summed E-state index contributed by atoms with van der Waals surface area (Å²) in [5.74, 6) is 0. The molecule has 0 amide bonds. The Kier molecular flexibility index (Phi) is 3.18. The molecule has 0 aliphatic heterocycles. The lowest BCUT2D eigenvalue weighted by molar-refractivity contribution is -0.390. The lowest BCUT2D eigenvalue weighted by atomic mass is 10.6. The van der Waals surface area contributed by atoms with Crippen molar-refractivity contribution in [2.75, 3.05) is 7.05 Å². The molecule has 0 aromatic heterocycles. The Morgan fingerprint density at radius 1 is 1.33 bits per heavy atom. The van der Waals surface area contributed by atoms with Crippen LogP contribution in [0, 0.1) is 0 Å². The van der Waals surface area contributed by atoms with Gasteiger partial charge in [-0.2, -0.15) is 8.42 Å². The molecule has 0 fully saturated rings. The van der Waals surface area contributed by atoms with E-state index in [-0.39, 0.29) is 4.90 Å². The highest BCUT2D eigenvalue weighted by atomic mass is 32.2. The van der Waals surface area contributed by atoms with Gasteiger partial charge in [0, 0.05) is 0 Å². The van der Waals surface area contributed by atoms with Crippen LogP contribution >= 0.6 is 0 Å². The Labute approximate surface area is 69.6 Å². The standard InChI is InChI=1S/C4H11NO6S/c1-3(12(9,10)11)5(2)4(6,7)8/h3,6-8H,1-2H3,(H,9,10,11). The first-order chi connectivity index (χ1) is 5.07. The van der Waals surface area contributed by atoms with E-state index in [1.165, 1.54) is 0 Å². The van der Waals surface area contributed by atoms with Gasteiger partial charge < -0.3 is 15.3 Å². The molecular weight excluding hydrogens is 190 g/mol. The third-order valence-corrected chi connectivity index (χ3v) is 2.63. The molecule has 0 aromatic carbocycles. The molecule has 1 atom stereocenters. The smallest absolute Gasteiger partial charge is 0.330 e. The van der Waals surface area contributed by atoms with Gasteiger partial charge in [0.2, 0.25) is 0 Å². The highest BCUT2D eigenvalue weighted by Gasteiger charge is 2.35. The second kappa shape index (κ2) is 3.24. The van der Waals surface area contributed by atoms with Gasteiger partial charge in [-0.1, -0.05) is 0 Å². The normalized spacial score (nSPS) is 16.6. The van der Waals surface area contributed by atoms with Crippen LogP contribution in [0.15, 0.2) is 0 Å². The highest BCUT2D eigenvalue weighted by molar-refractivity contribution is 7.86. The minimum absolute atomic E-state index is 0.266.